The van der Waals surface area contributed by atoms with Crippen LogP contribution in [0.4, 0.5) is 0 Å². The summed E-state index contributed by atoms with van der Waals surface area (Å²) in [5, 5.41) is 10.6. The van der Waals surface area contributed by atoms with Gasteiger partial charge in [-0.2, -0.15) is 5.10 Å². The van der Waals surface area contributed by atoms with Crippen LogP contribution in [-0.4, -0.2) is 30.0 Å². The zero-order chi connectivity index (χ0) is 14.5. The highest BCUT2D eigenvalue weighted by Gasteiger charge is 2.22. The lowest BCUT2D eigenvalue weighted by atomic mass is 10.1. The molecule has 0 aliphatic carbocycles. The normalized spacial score (nSPS) is 12.8. The van der Waals surface area contributed by atoms with Crippen molar-refractivity contribution >= 4 is 38.9 Å². The monoisotopic (exact) mass is 377 g/mol. The summed E-state index contributed by atoms with van der Waals surface area (Å²) in [6.45, 7) is 4.23. The average molecular weight is 379 g/mol. The summed E-state index contributed by atoms with van der Waals surface area (Å²) in [6, 6.07) is 2.16. The fraction of sp³-hybridized carbons (Fsp3) is 0.462. The quantitative estimate of drug-likeness (QED) is 0.798. The number of nitrogens with one attached hydrogen (secondary N) is 1. The Bertz CT molecular complexity index is 558. The van der Waals surface area contributed by atoms with Gasteiger partial charge in [-0.25, -0.2) is 0 Å². The predicted molar refractivity (Wildman–Crippen MR) is 86.7 cm³/mol. The van der Waals surface area contributed by atoms with E-state index in [0.29, 0.717) is 18.2 Å². The summed E-state index contributed by atoms with van der Waals surface area (Å²) < 4.78 is 8.12. The van der Waals surface area contributed by atoms with Crippen molar-refractivity contribution in [3.63, 3.8) is 0 Å². The molecule has 7 heteroatoms. The standard InChI is InChI=1S/C13H17BrClN3OS/c1-3-16-12(11-6-9(14)8-20-11)13-10(15)7-17-18(13)4-5-19-2/h6-8,12,16H,3-5H2,1-2H3. The van der Waals surface area contributed by atoms with E-state index in [-0.39, 0.29) is 6.04 Å². The molecule has 1 N–H and O–H groups in total. The van der Waals surface area contributed by atoms with E-state index >= 15 is 0 Å². The van der Waals surface area contributed by atoms with Gasteiger partial charge in [-0.05, 0) is 28.5 Å². The lowest BCUT2D eigenvalue weighted by molar-refractivity contribution is 0.182. The fourth-order valence-corrected chi connectivity index (χ4v) is 3.80. The molecule has 2 aromatic heterocycles. The summed E-state index contributed by atoms with van der Waals surface area (Å²) >= 11 is 11.5. The molecule has 20 heavy (non-hydrogen) atoms. The molecule has 0 aliphatic rings. The topological polar surface area (TPSA) is 39.1 Å². The minimum atomic E-state index is 0.0446. The van der Waals surface area contributed by atoms with E-state index in [1.165, 1.54) is 4.88 Å². The molecule has 0 radical (unpaired) electrons. The molecule has 1 atom stereocenters. The van der Waals surface area contributed by atoms with Crippen LogP contribution in [0.2, 0.25) is 5.02 Å². The van der Waals surface area contributed by atoms with E-state index in [1.54, 1.807) is 24.6 Å². The number of thiophene rings is 1. The highest BCUT2D eigenvalue weighted by Crippen LogP contribution is 2.33. The molecule has 0 bridgehead atoms. The van der Waals surface area contributed by atoms with Gasteiger partial charge in [-0.1, -0.05) is 18.5 Å². The molecule has 0 saturated heterocycles. The van der Waals surface area contributed by atoms with Crippen LogP contribution in [0.5, 0.6) is 0 Å². The summed E-state index contributed by atoms with van der Waals surface area (Å²) in [6.07, 6.45) is 1.69. The highest BCUT2D eigenvalue weighted by atomic mass is 79.9. The third kappa shape index (κ3) is 3.62. The van der Waals surface area contributed by atoms with Gasteiger partial charge in [0.15, 0.2) is 0 Å². The van der Waals surface area contributed by atoms with E-state index in [2.05, 4.69) is 44.7 Å². The first-order valence-corrected chi connectivity index (χ1v) is 8.39. The van der Waals surface area contributed by atoms with Gasteiger partial charge < -0.3 is 10.1 Å². The Morgan fingerprint density at radius 3 is 3.00 bits per heavy atom. The summed E-state index contributed by atoms with van der Waals surface area (Å²) in [5.74, 6) is 0. The van der Waals surface area contributed by atoms with Gasteiger partial charge in [0.25, 0.3) is 0 Å². The van der Waals surface area contributed by atoms with Crippen LogP contribution in [0.3, 0.4) is 0 Å². The maximum absolute atomic E-state index is 6.34. The van der Waals surface area contributed by atoms with Crippen LogP contribution in [0, 0.1) is 0 Å². The third-order valence-corrected chi connectivity index (χ3v) is 4.94. The van der Waals surface area contributed by atoms with E-state index < -0.39 is 0 Å². The van der Waals surface area contributed by atoms with Crippen LogP contribution < -0.4 is 5.32 Å². The first kappa shape index (κ1) is 16.0. The van der Waals surface area contributed by atoms with Crippen molar-refractivity contribution in [1.82, 2.24) is 15.1 Å². The van der Waals surface area contributed by atoms with Crippen molar-refractivity contribution in [3.8, 4) is 0 Å². The fourth-order valence-electron chi connectivity index (χ4n) is 2.03. The van der Waals surface area contributed by atoms with Gasteiger partial charge in [-0.3, -0.25) is 4.68 Å². The van der Waals surface area contributed by atoms with Crippen molar-refractivity contribution < 1.29 is 4.74 Å². The van der Waals surface area contributed by atoms with Crippen LogP contribution in [0.15, 0.2) is 22.1 Å². The smallest absolute Gasteiger partial charge is 0.0857 e. The molecule has 0 aromatic carbocycles. The second-order valence-electron chi connectivity index (χ2n) is 4.25. The number of halogens is 2. The Morgan fingerprint density at radius 2 is 2.40 bits per heavy atom. The molecule has 4 nitrogen and oxygen atoms in total. The average Bonchev–Trinajstić information content (AvgIpc) is 3.01. The van der Waals surface area contributed by atoms with E-state index in [1.807, 2.05) is 4.68 Å². The molecule has 0 saturated carbocycles. The van der Waals surface area contributed by atoms with Crippen LogP contribution in [-0.2, 0) is 11.3 Å². The number of methoxy groups -OCH3 is 1. The molecule has 110 valence electrons. The van der Waals surface area contributed by atoms with E-state index in [9.17, 15) is 0 Å². The van der Waals surface area contributed by atoms with Crippen LogP contribution >= 0.6 is 38.9 Å². The molecule has 0 amide bonds. The molecule has 0 spiro atoms. The van der Waals surface area contributed by atoms with Gasteiger partial charge in [0.2, 0.25) is 0 Å². The van der Waals surface area contributed by atoms with Gasteiger partial charge in [0.05, 0.1) is 36.1 Å². The molecule has 0 aliphatic heterocycles. The molecule has 0 fully saturated rings. The number of aromatic nitrogens is 2. The lowest BCUT2D eigenvalue weighted by Crippen LogP contribution is -2.25. The number of rotatable bonds is 7. The van der Waals surface area contributed by atoms with Crippen LogP contribution in [0.1, 0.15) is 23.5 Å². The Labute approximate surface area is 136 Å². The van der Waals surface area contributed by atoms with Crippen molar-refractivity contribution in [2.45, 2.75) is 19.5 Å². The summed E-state index contributed by atoms with van der Waals surface area (Å²) in [4.78, 5) is 1.21. The Balaban J connectivity index is 2.35. The minimum Gasteiger partial charge on any atom is -0.383 e. The molecule has 2 aromatic rings. The lowest BCUT2D eigenvalue weighted by Gasteiger charge is -2.19. The Morgan fingerprint density at radius 1 is 1.60 bits per heavy atom. The van der Waals surface area contributed by atoms with Crippen molar-refractivity contribution in [3.05, 3.63) is 37.7 Å². The van der Waals surface area contributed by atoms with Gasteiger partial charge >= 0.3 is 0 Å². The molecule has 1 unspecified atom stereocenters. The number of nitrogens with zero attached hydrogens (tertiary/aromatic N) is 2. The van der Waals surface area contributed by atoms with Crippen LogP contribution in [0.25, 0.3) is 0 Å². The summed E-state index contributed by atoms with van der Waals surface area (Å²) in [7, 11) is 1.68. The number of ether oxygens (including phenoxy) is 1. The minimum absolute atomic E-state index is 0.0446. The van der Waals surface area contributed by atoms with Crippen molar-refractivity contribution in [1.29, 1.82) is 0 Å². The largest absolute Gasteiger partial charge is 0.383 e. The van der Waals surface area contributed by atoms with Crippen molar-refractivity contribution in [2.24, 2.45) is 0 Å². The Hall–Kier alpha value is -0.400. The van der Waals surface area contributed by atoms with E-state index in [4.69, 9.17) is 16.3 Å². The van der Waals surface area contributed by atoms with Gasteiger partial charge in [0.1, 0.15) is 0 Å². The van der Waals surface area contributed by atoms with E-state index in [0.717, 1.165) is 16.7 Å². The molecular weight excluding hydrogens is 362 g/mol. The predicted octanol–water partition coefficient (Wildman–Crippen LogP) is 3.71. The first-order chi connectivity index (χ1) is 9.67. The molecule has 2 rings (SSSR count). The maximum atomic E-state index is 6.34. The highest BCUT2D eigenvalue weighted by molar-refractivity contribution is 9.10. The van der Waals surface area contributed by atoms with Gasteiger partial charge in [-0.15, -0.1) is 11.3 Å². The van der Waals surface area contributed by atoms with Crippen molar-refractivity contribution in [2.75, 3.05) is 20.3 Å². The zero-order valence-corrected chi connectivity index (χ0v) is 14.6. The number of hydrogen-bond donors (Lipinski definition) is 1. The SMILES string of the molecule is CCNC(c1cc(Br)cs1)c1c(Cl)cnn1CCOC. The molecular formula is C13H17BrClN3OS. The molecule has 2 heterocycles. The summed E-state index contributed by atoms with van der Waals surface area (Å²) in [5.41, 5.74) is 0.986. The third-order valence-electron chi connectivity index (χ3n) is 2.89. The number of hydrogen-bond acceptors (Lipinski definition) is 4. The van der Waals surface area contributed by atoms with Gasteiger partial charge in [0, 0.05) is 21.8 Å². The Kier molecular flexibility index (Phi) is 6.04. The zero-order valence-electron chi connectivity index (χ0n) is 11.4. The second-order valence-corrected chi connectivity index (χ2v) is 6.52. The maximum Gasteiger partial charge on any atom is 0.0857 e. The second kappa shape index (κ2) is 7.56. The first-order valence-electron chi connectivity index (χ1n) is 6.34.